The minimum atomic E-state index is -3.82. The van der Waals surface area contributed by atoms with E-state index in [4.69, 9.17) is 4.42 Å². The van der Waals surface area contributed by atoms with Crippen molar-refractivity contribution in [2.75, 3.05) is 18.6 Å². The predicted octanol–water partition coefficient (Wildman–Crippen LogP) is 0.491. The second kappa shape index (κ2) is 6.47. The molecule has 21 heavy (non-hydrogen) atoms. The third-order valence-corrected chi connectivity index (χ3v) is 4.74. The van der Waals surface area contributed by atoms with Crippen molar-refractivity contribution in [2.24, 2.45) is 0 Å². The van der Waals surface area contributed by atoms with Crippen molar-refractivity contribution in [3.63, 3.8) is 0 Å². The predicted molar refractivity (Wildman–Crippen MR) is 80.2 cm³/mol. The Morgan fingerprint density at radius 1 is 1.14 bits per heavy atom. The number of sulfonamides is 1. The Kier molecular flexibility index (Phi) is 5.59. The molecular formula is C12H22N2O5S2. The summed E-state index contributed by atoms with van der Waals surface area (Å²) in [6, 6.07) is 2.92. The van der Waals surface area contributed by atoms with Gasteiger partial charge in [0, 0.05) is 18.3 Å². The van der Waals surface area contributed by atoms with Crippen molar-refractivity contribution < 1.29 is 21.3 Å². The number of sulfone groups is 1. The molecule has 0 saturated heterocycles. The molecule has 122 valence electrons. The molecule has 0 atom stereocenters. The van der Waals surface area contributed by atoms with Crippen LogP contribution in [0.3, 0.4) is 0 Å². The van der Waals surface area contributed by atoms with Crippen molar-refractivity contribution in [3.8, 4) is 0 Å². The molecule has 0 bridgehead atoms. The van der Waals surface area contributed by atoms with Crippen molar-refractivity contribution in [1.82, 2.24) is 10.0 Å². The van der Waals surface area contributed by atoms with Gasteiger partial charge in [-0.2, -0.15) is 0 Å². The van der Waals surface area contributed by atoms with Gasteiger partial charge in [-0.3, -0.25) is 0 Å². The van der Waals surface area contributed by atoms with Crippen LogP contribution in [0.1, 0.15) is 26.5 Å². The van der Waals surface area contributed by atoms with E-state index >= 15 is 0 Å². The monoisotopic (exact) mass is 338 g/mol. The molecule has 0 unspecified atom stereocenters. The van der Waals surface area contributed by atoms with Gasteiger partial charge in [-0.25, -0.2) is 21.6 Å². The molecule has 1 rings (SSSR count). The van der Waals surface area contributed by atoms with E-state index in [1.165, 1.54) is 6.07 Å². The van der Waals surface area contributed by atoms with Gasteiger partial charge in [0.2, 0.25) is 5.09 Å². The molecule has 0 aliphatic rings. The second-order valence-electron chi connectivity index (χ2n) is 5.85. The normalized spacial score (nSPS) is 13.5. The molecule has 9 heteroatoms. The third kappa shape index (κ3) is 7.07. The number of hydrogen-bond donors (Lipinski definition) is 2. The Labute approximate surface area is 126 Å². The third-order valence-electron chi connectivity index (χ3n) is 2.46. The number of rotatable bonds is 7. The van der Waals surface area contributed by atoms with Gasteiger partial charge in [-0.05, 0) is 32.9 Å². The van der Waals surface area contributed by atoms with Crippen LogP contribution in [0.5, 0.6) is 0 Å². The van der Waals surface area contributed by atoms with Crippen LogP contribution in [0.4, 0.5) is 0 Å². The number of hydrogen-bond acceptors (Lipinski definition) is 6. The van der Waals surface area contributed by atoms with Gasteiger partial charge in [0.1, 0.15) is 15.6 Å². The lowest BCUT2D eigenvalue weighted by Crippen LogP contribution is -2.34. The lowest BCUT2D eigenvalue weighted by atomic mass is 10.1. The lowest BCUT2D eigenvalue weighted by Gasteiger charge is -2.19. The largest absolute Gasteiger partial charge is 0.447 e. The summed E-state index contributed by atoms with van der Waals surface area (Å²) in [6.07, 6.45) is 1.05. The summed E-state index contributed by atoms with van der Waals surface area (Å²) < 4.78 is 53.2. The maximum atomic E-state index is 11.9. The van der Waals surface area contributed by atoms with Gasteiger partial charge in [-0.1, -0.05) is 0 Å². The molecule has 0 amide bonds. The summed E-state index contributed by atoms with van der Waals surface area (Å²) in [4.78, 5) is 0. The van der Waals surface area contributed by atoms with E-state index in [9.17, 15) is 16.8 Å². The first-order valence-electron chi connectivity index (χ1n) is 6.40. The minimum Gasteiger partial charge on any atom is -0.447 e. The summed E-state index contributed by atoms with van der Waals surface area (Å²) in [5.41, 5.74) is -0.112. The van der Waals surface area contributed by atoms with Gasteiger partial charge in [-0.15, -0.1) is 0 Å². The highest BCUT2D eigenvalue weighted by Gasteiger charge is 2.19. The first-order valence-corrected chi connectivity index (χ1v) is 9.95. The molecule has 7 nitrogen and oxygen atoms in total. The highest BCUT2D eigenvalue weighted by molar-refractivity contribution is 7.91. The Hall–Kier alpha value is -0.900. The zero-order valence-corrected chi connectivity index (χ0v) is 14.3. The first kappa shape index (κ1) is 18.1. The number of furan rings is 1. The van der Waals surface area contributed by atoms with E-state index in [1.807, 2.05) is 20.8 Å². The van der Waals surface area contributed by atoms with E-state index in [0.29, 0.717) is 12.3 Å². The molecule has 0 fully saturated rings. The zero-order valence-electron chi connectivity index (χ0n) is 12.6. The standard InChI is InChI=1S/C12H22N2O5S2/c1-12(2,3)13-9-10-5-6-11(19-10)21(17,18)14-7-8-20(4,15)16/h5-6,13-14H,7-9H2,1-4H3. The van der Waals surface area contributed by atoms with Crippen LogP contribution < -0.4 is 10.0 Å². The SMILES string of the molecule is CC(C)(C)NCc1ccc(S(=O)(=O)NCCS(C)(=O)=O)o1. The maximum absolute atomic E-state index is 11.9. The minimum absolute atomic E-state index is 0.112. The molecule has 0 aliphatic carbocycles. The van der Waals surface area contributed by atoms with Crippen LogP contribution in [-0.2, 0) is 26.4 Å². The molecule has 0 radical (unpaired) electrons. The molecular weight excluding hydrogens is 316 g/mol. The molecule has 0 spiro atoms. The molecule has 2 N–H and O–H groups in total. The molecule has 1 aromatic rings. The number of nitrogens with one attached hydrogen (secondary N) is 2. The van der Waals surface area contributed by atoms with Gasteiger partial charge in [0.15, 0.2) is 0 Å². The quantitative estimate of drug-likeness (QED) is 0.749. The second-order valence-corrected chi connectivity index (χ2v) is 9.81. The highest BCUT2D eigenvalue weighted by Crippen LogP contribution is 2.14. The van der Waals surface area contributed by atoms with E-state index < -0.39 is 19.9 Å². The van der Waals surface area contributed by atoms with Crippen LogP contribution >= 0.6 is 0 Å². The Morgan fingerprint density at radius 2 is 1.76 bits per heavy atom. The fourth-order valence-corrected chi connectivity index (χ4v) is 2.96. The average Bonchev–Trinajstić information content (AvgIpc) is 2.72. The Morgan fingerprint density at radius 3 is 2.29 bits per heavy atom. The molecule has 0 aliphatic heterocycles. The summed E-state index contributed by atoms with van der Waals surface area (Å²) in [5, 5.41) is 2.96. The Bertz CT molecular complexity index is 669. The summed E-state index contributed by atoms with van der Waals surface area (Å²) in [5.74, 6) is 0.235. The topological polar surface area (TPSA) is 105 Å². The van der Waals surface area contributed by atoms with Crippen molar-refractivity contribution >= 4 is 19.9 Å². The van der Waals surface area contributed by atoms with Crippen LogP contribution in [0.25, 0.3) is 0 Å². The van der Waals surface area contributed by atoms with Crippen molar-refractivity contribution in [2.45, 2.75) is 37.9 Å². The van der Waals surface area contributed by atoms with Crippen molar-refractivity contribution in [1.29, 1.82) is 0 Å². The highest BCUT2D eigenvalue weighted by atomic mass is 32.2. The summed E-state index contributed by atoms with van der Waals surface area (Å²) in [7, 11) is -7.04. The average molecular weight is 338 g/mol. The van der Waals surface area contributed by atoms with Gasteiger partial charge in [0.25, 0.3) is 10.0 Å². The van der Waals surface area contributed by atoms with E-state index in [-0.39, 0.29) is 22.9 Å². The summed E-state index contributed by atoms with van der Waals surface area (Å²) >= 11 is 0. The van der Waals surface area contributed by atoms with Crippen molar-refractivity contribution in [3.05, 3.63) is 17.9 Å². The maximum Gasteiger partial charge on any atom is 0.273 e. The lowest BCUT2D eigenvalue weighted by molar-refractivity contribution is 0.359. The first-order chi connectivity index (χ1) is 9.39. The van der Waals surface area contributed by atoms with Crippen LogP contribution in [-0.4, -0.2) is 40.9 Å². The van der Waals surface area contributed by atoms with E-state index in [2.05, 4.69) is 10.0 Å². The van der Waals surface area contributed by atoms with E-state index in [0.717, 1.165) is 6.26 Å². The molecule has 1 aromatic heterocycles. The smallest absolute Gasteiger partial charge is 0.273 e. The van der Waals surface area contributed by atoms with Crippen LogP contribution in [0, 0.1) is 0 Å². The van der Waals surface area contributed by atoms with Gasteiger partial charge < -0.3 is 9.73 Å². The fourth-order valence-electron chi connectivity index (χ4n) is 1.38. The Balaban J connectivity index is 2.66. The molecule has 0 aromatic carbocycles. The fraction of sp³-hybridized carbons (Fsp3) is 0.667. The van der Waals surface area contributed by atoms with E-state index in [1.54, 1.807) is 6.07 Å². The van der Waals surface area contributed by atoms with Crippen LogP contribution in [0.2, 0.25) is 0 Å². The molecule has 1 heterocycles. The summed E-state index contributed by atoms with van der Waals surface area (Å²) in [6.45, 7) is 6.18. The van der Waals surface area contributed by atoms with Gasteiger partial charge in [0.05, 0.1) is 12.3 Å². The molecule has 0 saturated carbocycles. The van der Waals surface area contributed by atoms with Gasteiger partial charge >= 0.3 is 0 Å². The zero-order chi connectivity index (χ0) is 16.3. The van der Waals surface area contributed by atoms with Crippen LogP contribution in [0.15, 0.2) is 21.6 Å².